The first-order valence-corrected chi connectivity index (χ1v) is 8.07. The first kappa shape index (κ1) is 16.6. The van der Waals surface area contributed by atoms with Gasteiger partial charge in [0.25, 0.3) is 0 Å². The summed E-state index contributed by atoms with van der Waals surface area (Å²) in [5, 5.41) is 2.95. The molecule has 2 unspecified atom stereocenters. The highest BCUT2D eigenvalue weighted by molar-refractivity contribution is 5.83. The minimum Gasteiger partial charge on any atom is -0.355 e. The van der Waals surface area contributed by atoms with Gasteiger partial charge in [-0.3, -0.25) is 4.79 Å². The van der Waals surface area contributed by atoms with E-state index in [2.05, 4.69) is 33.8 Å². The second-order valence-corrected chi connectivity index (χ2v) is 5.80. The Hall–Kier alpha value is -2.28. The van der Waals surface area contributed by atoms with Crippen LogP contribution in [0.5, 0.6) is 0 Å². The average Bonchev–Trinajstić information content (AvgIpc) is 3.10. The average molecular weight is 328 g/mol. The fourth-order valence-electron chi connectivity index (χ4n) is 2.79. The number of halogens is 1. The van der Waals surface area contributed by atoms with Crippen LogP contribution in [-0.2, 0) is 11.2 Å². The molecule has 0 saturated carbocycles. The number of amides is 1. The smallest absolute Gasteiger partial charge is 0.240 e. The van der Waals surface area contributed by atoms with Crippen molar-refractivity contribution in [3.63, 3.8) is 0 Å². The molecule has 0 radical (unpaired) electrons. The molecule has 1 fully saturated rings. The van der Waals surface area contributed by atoms with Crippen molar-refractivity contribution >= 4 is 5.91 Å². The SMILES string of the molecule is O=C(NCCCc1ccccc1)C1NNNC1c1ccc(F)cc1. The molecule has 2 aromatic carbocycles. The van der Waals surface area contributed by atoms with Crippen molar-refractivity contribution in [1.29, 1.82) is 0 Å². The van der Waals surface area contributed by atoms with Gasteiger partial charge < -0.3 is 5.32 Å². The van der Waals surface area contributed by atoms with E-state index in [1.54, 1.807) is 12.1 Å². The third kappa shape index (κ3) is 4.17. The quantitative estimate of drug-likeness (QED) is 0.608. The number of carbonyl (C=O) groups excluding carboxylic acids is 1. The summed E-state index contributed by atoms with van der Waals surface area (Å²) in [5.41, 5.74) is 10.8. The van der Waals surface area contributed by atoms with Crippen LogP contribution >= 0.6 is 0 Å². The summed E-state index contributed by atoms with van der Waals surface area (Å²) in [5.74, 6) is -0.380. The Morgan fingerprint density at radius 1 is 1.04 bits per heavy atom. The fraction of sp³-hybridized carbons (Fsp3) is 0.278. The highest BCUT2D eigenvalue weighted by atomic mass is 19.1. The topological polar surface area (TPSA) is 65.2 Å². The molecule has 1 aliphatic rings. The van der Waals surface area contributed by atoms with Gasteiger partial charge >= 0.3 is 0 Å². The zero-order valence-corrected chi connectivity index (χ0v) is 13.3. The summed E-state index contributed by atoms with van der Waals surface area (Å²) >= 11 is 0. The molecule has 2 aromatic rings. The van der Waals surface area contributed by atoms with Crippen LogP contribution in [0.25, 0.3) is 0 Å². The molecule has 1 aliphatic heterocycles. The van der Waals surface area contributed by atoms with Gasteiger partial charge in [-0.05, 0) is 36.1 Å². The van der Waals surface area contributed by atoms with Crippen LogP contribution < -0.4 is 21.7 Å². The lowest BCUT2D eigenvalue weighted by Crippen LogP contribution is -2.45. The maximum absolute atomic E-state index is 13.0. The van der Waals surface area contributed by atoms with E-state index in [1.165, 1.54) is 17.7 Å². The third-order valence-corrected chi connectivity index (χ3v) is 4.08. The molecule has 6 heteroatoms. The second kappa shape index (κ2) is 8.01. The molecule has 0 aromatic heterocycles. The summed E-state index contributed by atoms with van der Waals surface area (Å²) in [6.07, 6.45) is 1.81. The maximum atomic E-state index is 13.0. The largest absolute Gasteiger partial charge is 0.355 e. The summed E-state index contributed by atoms with van der Waals surface area (Å²) in [7, 11) is 0. The van der Waals surface area contributed by atoms with Crippen LogP contribution in [0.3, 0.4) is 0 Å². The monoisotopic (exact) mass is 328 g/mol. The molecule has 4 N–H and O–H groups in total. The molecule has 0 bridgehead atoms. The van der Waals surface area contributed by atoms with Gasteiger partial charge in [-0.25, -0.2) is 15.2 Å². The predicted octanol–water partition coefficient (Wildman–Crippen LogP) is 1.60. The predicted molar refractivity (Wildman–Crippen MR) is 90.1 cm³/mol. The molecule has 1 amide bonds. The highest BCUT2D eigenvalue weighted by Crippen LogP contribution is 2.19. The van der Waals surface area contributed by atoms with E-state index in [0.717, 1.165) is 18.4 Å². The Morgan fingerprint density at radius 3 is 2.54 bits per heavy atom. The summed E-state index contributed by atoms with van der Waals surface area (Å²) < 4.78 is 13.0. The normalized spacial score (nSPS) is 20.0. The van der Waals surface area contributed by atoms with Crippen molar-refractivity contribution in [2.24, 2.45) is 0 Å². The Labute approximate surface area is 140 Å². The van der Waals surface area contributed by atoms with E-state index in [4.69, 9.17) is 0 Å². The minimum atomic E-state index is -0.452. The fourth-order valence-corrected chi connectivity index (χ4v) is 2.79. The number of aryl methyl sites for hydroxylation is 1. The summed E-state index contributed by atoms with van der Waals surface area (Å²) in [6, 6.07) is 15.6. The van der Waals surface area contributed by atoms with Crippen molar-refractivity contribution in [2.75, 3.05) is 6.54 Å². The molecule has 126 valence electrons. The maximum Gasteiger partial charge on any atom is 0.240 e. The van der Waals surface area contributed by atoms with Crippen LogP contribution in [0.1, 0.15) is 23.6 Å². The molecule has 3 rings (SSSR count). The molecule has 0 spiro atoms. The Bertz CT molecular complexity index is 662. The first-order valence-electron chi connectivity index (χ1n) is 8.07. The number of carbonyl (C=O) groups is 1. The molecular formula is C18H21FN4O. The molecule has 24 heavy (non-hydrogen) atoms. The lowest BCUT2D eigenvalue weighted by molar-refractivity contribution is -0.123. The molecule has 1 heterocycles. The number of benzene rings is 2. The second-order valence-electron chi connectivity index (χ2n) is 5.80. The molecule has 2 atom stereocenters. The van der Waals surface area contributed by atoms with E-state index >= 15 is 0 Å². The zero-order valence-electron chi connectivity index (χ0n) is 13.3. The minimum absolute atomic E-state index is 0.0881. The van der Waals surface area contributed by atoms with Crippen LogP contribution in [0, 0.1) is 5.82 Å². The van der Waals surface area contributed by atoms with Crippen LogP contribution in [0.2, 0.25) is 0 Å². The van der Waals surface area contributed by atoms with Gasteiger partial charge in [0.1, 0.15) is 11.9 Å². The number of rotatable bonds is 6. The van der Waals surface area contributed by atoms with Gasteiger partial charge in [0, 0.05) is 6.54 Å². The molecule has 5 nitrogen and oxygen atoms in total. The summed E-state index contributed by atoms with van der Waals surface area (Å²) in [6.45, 7) is 0.613. The first-order chi connectivity index (χ1) is 11.7. The van der Waals surface area contributed by atoms with Gasteiger partial charge in [0.15, 0.2) is 0 Å². The highest BCUT2D eigenvalue weighted by Gasteiger charge is 2.33. The van der Waals surface area contributed by atoms with Crippen LogP contribution in [0.4, 0.5) is 4.39 Å². The Kier molecular flexibility index (Phi) is 5.53. The lowest BCUT2D eigenvalue weighted by Gasteiger charge is -2.18. The molecular weight excluding hydrogens is 307 g/mol. The van der Waals surface area contributed by atoms with E-state index in [-0.39, 0.29) is 17.8 Å². The molecule has 1 saturated heterocycles. The number of nitrogens with one attached hydrogen (secondary N) is 4. The number of hydrogen-bond acceptors (Lipinski definition) is 4. The molecule has 0 aliphatic carbocycles. The zero-order chi connectivity index (χ0) is 16.8. The summed E-state index contributed by atoms with van der Waals surface area (Å²) in [4.78, 5) is 12.4. The van der Waals surface area contributed by atoms with Crippen LogP contribution in [0.15, 0.2) is 54.6 Å². The van der Waals surface area contributed by atoms with Crippen molar-refractivity contribution in [2.45, 2.75) is 24.9 Å². The number of hydrazine groups is 2. The van der Waals surface area contributed by atoms with E-state index in [1.807, 2.05) is 18.2 Å². The standard InChI is InChI=1S/C18H21FN4O/c19-15-10-8-14(9-11-15)16-17(22-23-21-16)18(24)20-12-4-7-13-5-2-1-3-6-13/h1-3,5-6,8-11,16-17,21-23H,4,7,12H2,(H,20,24). The van der Waals surface area contributed by atoms with Gasteiger partial charge in [0.2, 0.25) is 5.91 Å². The van der Waals surface area contributed by atoms with Crippen LogP contribution in [-0.4, -0.2) is 18.5 Å². The van der Waals surface area contributed by atoms with E-state index in [0.29, 0.717) is 6.54 Å². The Morgan fingerprint density at radius 2 is 1.79 bits per heavy atom. The third-order valence-electron chi connectivity index (χ3n) is 4.08. The van der Waals surface area contributed by atoms with E-state index < -0.39 is 6.04 Å². The van der Waals surface area contributed by atoms with Gasteiger partial charge in [-0.1, -0.05) is 42.5 Å². The van der Waals surface area contributed by atoms with Crippen molar-refractivity contribution in [3.8, 4) is 0 Å². The van der Waals surface area contributed by atoms with E-state index in [9.17, 15) is 9.18 Å². The van der Waals surface area contributed by atoms with Crippen molar-refractivity contribution < 1.29 is 9.18 Å². The van der Waals surface area contributed by atoms with Crippen molar-refractivity contribution in [3.05, 3.63) is 71.5 Å². The van der Waals surface area contributed by atoms with Crippen molar-refractivity contribution in [1.82, 2.24) is 21.7 Å². The van der Waals surface area contributed by atoms with Gasteiger partial charge in [0.05, 0.1) is 6.04 Å². The number of hydrogen-bond donors (Lipinski definition) is 4. The van der Waals surface area contributed by atoms with Gasteiger partial charge in [-0.2, -0.15) is 5.53 Å². The van der Waals surface area contributed by atoms with Gasteiger partial charge in [-0.15, -0.1) is 0 Å². The Balaban J connectivity index is 1.49. The lowest BCUT2D eigenvalue weighted by atomic mass is 10.00.